The van der Waals surface area contributed by atoms with Crippen LogP contribution >= 0.6 is 0 Å². The zero-order valence-corrected chi connectivity index (χ0v) is 23.7. The van der Waals surface area contributed by atoms with Crippen LogP contribution in [0.1, 0.15) is 60.3 Å². The summed E-state index contributed by atoms with van der Waals surface area (Å²) in [5, 5.41) is 12.1. The fraction of sp³-hybridized carbons (Fsp3) is 0.696. The molecule has 1 saturated heterocycles. The Labute approximate surface area is 237 Å². The van der Waals surface area contributed by atoms with Crippen molar-refractivity contribution in [3.05, 3.63) is 0 Å². The fourth-order valence-electron chi connectivity index (χ4n) is 2.35. The molecule has 4 radical (unpaired) electrons. The number of carbonyl (C=O) groups is 6. The van der Waals surface area contributed by atoms with Crippen molar-refractivity contribution in [3.63, 3.8) is 0 Å². The Hall–Kier alpha value is -2.82. The molecular weight excluding hydrogens is 526 g/mol. The Morgan fingerprint density at radius 2 is 1.57 bits per heavy atom. The molecule has 1 aliphatic heterocycles. The molecule has 1 rings (SSSR count). The molecule has 0 aliphatic carbocycles. The van der Waals surface area contributed by atoms with Crippen LogP contribution in [-0.4, -0.2) is 105 Å². The van der Waals surface area contributed by atoms with Gasteiger partial charge in [0, 0.05) is 57.1 Å². The van der Waals surface area contributed by atoms with Gasteiger partial charge in [0.1, 0.15) is 25.2 Å². The first-order valence-corrected chi connectivity index (χ1v) is 12.2. The predicted molar refractivity (Wildman–Crippen MR) is 149 cm³/mol. The lowest BCUT2D eigenvalue weighted by molar-refractivity contribution is -0.162. The maximum atomic E-state index is 10.6. The Bertz CT molecular complexity index is 846. The monoisotopic (exact) mass is 568 g/mol. The quantitative estimate of drug-likeness (QED) is 0.0587. The van der Waals surface area contributed by atoms with E-state index in [1.165, 1.54) is 33.9 Å². The Balaban J connectivity index is -0.000000460. The molecule has 40 heavy (non-hydrogen) atoms. The Morgan fingerprint density at radius 3 is 1.85 bits per heavy atom. The number of nitrogens with zero attached hydrogens (tertiary/aromatic N) is 1. The summed E-state index contributed by atoms with van der Waals surface area (Å²) in [6.45, 7) is 7.91. The number of carbonyl (C=O) groups excluding carboxylic acids is 6. The summed E-state index contributed by atoms with van der Waals surface area (Å²) in [6, 6.07) is -3.24. The Morgan fingerprint density at radius 1 is 1.07 bits per heavy atom. The van der Waals surface area contributed by atoms with Crippen LogP contribution in [0.25, 0.3) is 0 Å². The summed E-state index contributed by atoms with van der Waals surface area (Å²) < 4.78 is 9.75. The topological polar surface area (TPSA) is 270 Å². The summed E-state index contributed by atoms with van der Waals surface area (Å²) in [5.41, 5.74) is 22.8. The van der Waals surface area contributed by atoms with Crippen LogP contribution in [-0.2, 0) is 38.2 Å². The van der Waals surface area contributed by atoms with E-state index in [9.17, 15) is 28.8 Å². The highest BCUT2D eigenvalue weighted by Crippen LogP contribution is 2.13. The first kappa shape index (κ1) is 41.7. The number of ketones is 3. The van der Waals surface area contributed by atoms with Gasteiger partial charge >= 0.3 is 5.97 Å². The molecule has 0 aromatic heterocycles. The summed E-state index contributed by atoms with van der Waals surface area (Å²) in [5.74, 6) is -0.725. The van der Waals surface area contributed by atoms with Crippen molar-refractivity contribution in [3.8, 4) is 0 Å². The third-order valence-corrected chi connectivity index (χ3v) is 4.18. The zero-order valence-electron chi connectivity index (χ0n) is 23.7. The first-order valence-electron chi connectivity index (χ1n) is 12.2. The third kappa shape index (κ3) is 28.2. The third-order valence-electron chi connectivity index (χ3n) is 4.18. The van der Waals surface area contributed by atoms with Gasteiger partial charge in [0.25, 0.3) is 0 Å². The lowest BCUT2D eigenvalue weighted by Crippen LogP contribution is -2.36. The van der Waals surface area contributed by atoms with Crippen LogP contribution in [0.2, 0.25) is 0 Å². The van der Waals surface area contributed by atoms with E-state index in [2.05, 4.69) is 10.5 Å². The molecule has 0 spiro atoms. The van der Waals surface area contributed by atoms with Crippen LogP contribution in [0.4, 0.5) is 0 Å². The average Bonchev–Trinajstić information content (AvgIpc) is 3.10. The highest BCUT2D eigenvalue weighted by Gasteiger charge is 2.32. The number of aliphatic hydroxyl groups is 1. The van der Waals surface area contributed by atoms with Gasteiger partial charge in [-0.3, -0.25) is 24.0 Å². The van der Waals surface area contributed by atoms with Crippen molar-refractivity contribution in [2.24, 2.45) is 28.0 Å². The van der Waals surface area contributed by atoms with E-state index in [1.807, 2.05) is 6.92 Å². The second-order valence-corrected chi connectivity index (χ2v) is 8.67. The van der Waals surface area contributed by atoms with E-state index in [-0.39, 0.29) is 61.0 Å². The molecule has 0 aromatic rings. The SMILES string of the molecule is CC(=O)CC(N)/C=N/NC(C)=O.CCOC1OC(=O)CC1N.[B]C(=O)C(N)CC(C)=O.[B]C(O)C(N)CC(C)=O. The summed E-state index contributed by atoms with van der Waals surface area (Å²) in [4.78, 5) is 62.2. The number of cyclic esters (lactones) is 1. The van der Waals surface area contributed by atoms with Gasteiger partial charge in [-0.1, -0.05) is 0 Å². The van der Waals surface area contributed by atoms with Crippen LogP contribution in [0.3, 0.4) is 0 Å². The van der Waals surface area contributed by atoms with Gasteiger partial charge in [-0.05, 0) is 27.7 Å². The van der Waals surface area contributed by atoms with E-state index in [4.69, 9.17) is 53.2 Å². The molecule has 6 atom stereocenters. The maximum absolute atomic E-state index is 10.6. The van der Waals surface area contributed by atoms with Crippen molar-refractivity contribution in [1.29, 1.82) is 0 Å². The minimum atomic E-state index is -1.09. The van der Waals surface area contributed by atoms with Gasteiger partial charge in [-0.2, -0.15) is 5.10 Å². The standard InChI is InChI=1S/C7H13N3O2.C6H11NO3.C5H10BNO2.C5H8BNO2/c1-5(11)3-7(8)4-9-10-6(2)12;1-2-9-6-4(7)3-5(8)10-6;2*1-3(8)2-4(7)5(6)9/h4,7H,3,8H2,1-2H3,(H,10,12);4,6H,2-3,7H2,1H3;4-5,9H,2,7H2,1H3;4H,2,7H2,1H3/b9-4+;;;. The lowest BCUT2D eigenvalue weighted by Gasteiger charge is -2.12. The number of hydrogen-bond donors (Lipinski definition) is 6. The van der Waals surface area contributed by atoms with Crippen LogP contribution in [0, 0.1) is 0 Å². The highest BCUT2D eigenvalue weighted by atomic mass is 16.7. The molecule has 0 saturated carbocycles. The summed E-state index contributed by atoms with van der Waals surface area (Å²) in [7, 11) is 9.73. The molecule has 1 heterocycles. The second kappa shape index (κ2) is 24.0. The number of esters is 1. The van der Waals surface area contributed by atoms with E-state index in [0.717, 1.165) is 0 Å². The minimum Gasteiger partial charge on any atom is -0.434 e. The van der Waals surface area contributed by atoms with E-state index < -0.39 is 36.1 Å². The predicted octanol–water partition coefficient (Wildman–Crippen LogP) is -3.19. The highest BCUT2D eigenvalue weighted by molar-refractivity contribution is 6.59. The number of Topliss-reactive ketones (excluding diaryl/α,β-unsaturated/α-hetero) is 3. The number of amides is 1. The normalized spacial score (nSPS) is 18.6. The number of aliphatic hydroxyl groups excluding tert-OH is 1. The lowest BCUT2D eigenvalue weighted by atomic mass is 9.90. The Kier molecular flexibility index (Phi) is 25.0. The molecule has 17 heteroatoms. The minimum absolute atomic E-state index is 0.00299. The van der Waals surface area contributed by atoms with E-state index in [1.54, 1.807) is 0 Å². The largest absolute Gasteiger partial charge is 0.434 e. The van der Waals surface area contributed by atoms with Crippen molar-refractivity contribution in [2.75, 3.05) is 6.61 Å². The smallest absolute Gasteiger partial charge is 0.309 e. The van der Waals surface area contributed by atoms with Gasteiger partial charge in [0.2, 0.25) is 12.2 Å². The van der Waals surface area contributed by atoms with Crippen molar-refractivity contribution in [1.82, 2.24) is 5.43 Å². The number of ether oxygens (including phenoxy) is 2. The maximum Gasteiger partial charge on any atom is 0.309 e. The van der Waals surface area contributed by atoms with Gasteiger partial charge < -0.3 is 42.3 Å². The average molecular weight is 568 g/mol. The summed E-state index contributed by atoms with van der Waals surface area (Å²) >= 11 is 0. The van der Waals surface area contributed by atoms with Crippen molar-refractivity contribution in [2.45, 2.75) is 96.8 Å². The molecule has 1 aliphatic rings. The molecule has 15 nitrogen and oxygen atoms in total. The van der Waals surface area contributed by atoms with E-state index in [0.29, 0.717) is 6.61 Å². The van der Waals surface area contributed by atoms with Crippen molar-refractivity contribution >= 4 is 56.8 Å². The van der Waals surface area contributed by atoms with Crippen LogP contribution in [0.5, 0.6) is 0 Å². The summed E-state index contributed by atoms with van der Waals surface area (Å²) in [6.07, 6.45) is 1.50. The van der Waals surface area contributed by atoms with E-state index >= 15 is 0 Å². The number of hydrazone groups is 1. The second-order valence-electron chi connectivity index (χ2n) is 8.67. The molecule has 1 fully saturated rings. The van der Waals surface area contributed by atoms with Gasteiger partial charge in [-0.25, -0.2) is 5.43 Å². The van der Waals surface area contributed by atoms with Crippen LogP contribution < -0.4 is 28.4 Å². The number of hydrogen-bond acceptors (Lipinski definition) is 14. The molecule has 0 aromatic carbocycles. The van der Waals surface area contributed by atoms with Gasteiger partial charge in [0.05, 0.1) is 24.2 Å². The molecular formula is C23H42B2N6O9. The number of nitrogens with two attached hydrogens (primary N) is 4. The molecule has 0 bridgehead atoms. The van der Waals surface area contributed by atoms with Crippen molar-refractivity contribution < 1.29 is 43.3 Å². The molecule has 10 N–H and O–H groups in total. The molecule has 6 unspecified atom stereocenters. The fourth-order valence-corrected chi connectivity index (χ4v) is 2.35. The van der Waals surface area contributed by atoms with Crippen LogP contribution in [0.15, 0.2) is 5.10 Å². The first-order chi connectivity index (χ1) is 18.3. The molecule has 1 amide bonds. The number of nitrogens with one attached hydrogen (secondary N) is 1. The van der Waals surface area contributed by atoms with Gasteiger partial charge in [0.15, 0.2) is 7.85 Å². The van der Waals surface area contributed by atoms with Gasteiger partial charge in [-0.15, -0.1) is 0 Å². The zero-order chi connectivity index (χ0) is 32.0. The number of rotatable bonds is 12. The molecule has 224 valence electrons.